The van der Waals surface area contributed by atoms with Crippen molar-refractivity contribution in [2.24, 2.45) is 0 Å². The zero-order valence-corrected chi connectivity index (χ0v) is 9.63. The third kappa shape index (κ3) is 1.61. The molecule has 1 atom stereocenters. The Morgan fingerprint density at radius 3 is 3.00 bits per heavy atom. The molecule has 1 saturated carbocycles. The topological polar surface area (TPSA) is 29.9 Å². The molecule has 4 heteroatoms. The van der Waals surface area contributed by atoms with Crippen LogP contribution in [0.15, 0.2) is 10.9 Å². The number of fused-ring (bicyclic) bond motifs is 1. The van der Waals surface area contributed by atoms with E-state index in [0.717, 1.165) is 23.6 Å². The summed E-state index contributed by atoms with van der Waals surface area (Å²) in [7, 11) is 0. The lowest BCUT2D eigenvalue weighted by Gasteiger charge is -2.25. The fraction of sp³-hybridized carbons (Fsp3) is 0.700. The van der Waals surface area contributed by atoms with E-state index in [-0.39, 0.29) is 0 Å². The molecule has 2 heterocycles. The summed E-state index contributed by atoms with van der Waals surface area (Å²) in [6, 6.07) is 1.48. The largest absolute Gasteiger partial charge is 0.333 e. The van der Waals surface area contributed by atoms with Gasteiger partial charge in [0.1, 0.15) is 4.60 Å². The summed E-state index contributed by atoms with van der Waals surface area (Å²) in [4.78, 5) is 4.28. The van der Waals surface area contributed by atoms with Crippen LogP contribution in [-0.2, 0) is 13.0 Å². The maximum Gasteiger partial charge on any atom is 0.127 e. The molecule has 1 aliphatic carbocycles. The summed E-state index contributed by atoms with van der Waals surface area (Å²) >= 11 is 3.50. The maximum atomic E-state index is 4.28. The summed E-state index contributed by atoms with van der Waals surface area (Å²) < 4.78 is 3.29. The van der Waals surface area contributed by atoms with Gasteiger partial charge in [0.15, 0.2) is 0 Å². The van der Waals surface area contributed by atoms with Gasteiger partial charge in [0.05, 0.1) is 12.0 Å². The number of hydrogen-bond acceptors (Lipinski definition) is 2. The van der Waals surface area contributed by atoms with Crippen LogP contribution in [0, 0.1) is 0 Å². The Bertz CT molecular complexity index is 343. The Balaban J connectivity index is 1.74. The normalized spacial score (nSPS) is 26.2. The van der Waals surface area contributed by atoms with Crippen molar-refractivity contribution in [3.8, 4) is 0 Å². The molecule has 0 bridgehead atoms. The third-order valence-corrected chi connectivity index (χ3v) is 3.76. The summed E-state index contributed by atoms with van der Waals surface area (Å²) in [5.74, 6) is 0. The van der Waals surface area contributed by atoms with Gasteiger partial charge in [-0.3, -0.25) is 0 Å². The minimum Gasteiger partial charge on any atom is -0.333 e. The van der Waals surface area contributed by atoms with E-state index in [0.29, 0.717) is 6.04 Å². The highest BCUT2D eigenvalue weighted by molar-refractivity contribution is 9.10. The van der Waals surface area contributed by atoms with Gasteiger partial charge in [-0.15, -0.1) is 0 Å². The third-order valence-electron chi connectivity index (χ3n) is 3.10. The summed E-state index contributed by atoms with van der Waals surface area (Å²) in [6.45, 7) is 1.11. The highest BCUT2D eigenvalue weighted by atomic mass is 79.9. The lowest BCUT2D eigenvalue weighted by Crippen LogP contribution is -2.37. The van der Waals surface area contributed by atoms with Crippen LogP contribution in [0.3, 0.4) is 0 Å². The second kappa shape index (κ2) is 3.35. The van der Waals surface area contributed by atoms with E-state index < -0.39 is 0 Å². The van der Waals surface area contributed by atoms with Gasteiger partial charge in [0, 0.05) is 25.0 Å². The molecule has 3 nitrogen and oxygen atoms in total. The molecule has 0 saturated heterocycles. The molecule has 0 aromatic carbocycles. The molecule has 0 radical (unpaired) electrons. The summed E-state index contributed by atoms with van der Waals surface area (Å²) in [6.07, 6.45) is 7.05. The van der Waals surface area contributed by atoms with E-state index in [9.17, 15) is 0 Å². The van der Waals surface area contributed by atoms with Gasteiger partial charge in [-0.25, -0.2) is 4.98 Å². The average molecular weight is 256 g/mol. The first-order chi connectivity index (χ1) is 6.83. The Morgan fingerprint density at radius 2 is 2.21 bits per heavy atom. The van der Waals surface area contributed by atoms with Gasteiger partial charge < -0.3 is 9.88 Å². The summed E-state index contributed by atoms with van der Waals surface area (Å²) in [5.41, 5.74) is 1.36. The molecular weight excluding hydrogens is 242 g/mol. The standard InChI is InChI=1S/C10H14BrN3/c11-10-9-5-8(13-7-1-2-7)3-4-14(9)6-12-10/h6-8,13H,1-5H2. The highest BCUT2D eigenvalue weighted by Gasteiger charge is 2.27. The molecule has 1 unspecified atom stereocenters. The first-order valence-corrected chi connectivity index (χ1v) is 6.08. The van der Waals surface area contributed by atoms with Crippen molar-refractivity contribution in [1.82, 2.24) is 14.9 Å². The number of hydrogen-bond donors (Lipinski definition) is 1. The van der Waals surface area contributed by atoms with Crippen molar-refractivity contribution in [3.05, 3.63) is 16.6 Å². The molecule has 1 aliphatic heterocycles. The van der Waals surface area contributed by atoms with Crippen molar-refractivity contribution in [2.75, 3.05) is 0 Å². The number of aromatic nitrogens is 2. The van der Waals surface area contributed by atoms with Crippen molar-refractivity contribution in [3.63, 3.8) is 0 Å². The molecule has 1 aromatic rings. The van der Waals surface area contributed by atoms with Gasteiger partial charge in [-0.1, -0.05) is 0 Å². The van der Waals surface area contributed by atoms with Crippen LogP contribution in [0.1, 0.15) is 25.0 Å². The molecule has 0 amide bonds. The van der Waals surface area contributed by atoms with E-state index in [1.807, 2.05) is 6.33 Å². The highest BCUT2D eigenvalue weighted by Crippen LogP contribution is 2.25. The minimum atomic E-state index is 0.669. The fourth-order valence-electron chi connectivity index (χ4n) is 2.13. The minimum absolute atomic E-state index is 0.669. The van der Waals surface area contributed by atoms with Crippen LogP contribution in [0.4, 0.5) is 0 Å². The molecule has 1 N–H and O–H groups in total. The van der Waals surface area contributed by atoms with Gasteiger partial charge in [0.25, 0.3) is 0 Å². The molecule has 76 valence electrons. The lowest BCUT2D eigenvalue weighted by atomic mass is 10.0. The monoisotopic (exact) mass is 255 g/mol. The fourth-order valence-corrected chi connectivity index (χ4v) is 2.61. The Hall–Kier alpha value is -0.350. The SMILES string of the molecule is Brc1ncn2c1CC(NC1CC1)CC2. The lowest BCUT2D eigenvalue weighted by molar-refractivity contribution is 0.396. The Kier molecular flexibility index (Phi) is 2.13. The van der Waals surface area contributed by atoms with Gasteiger partial charge >= 0.3 is 0 Å². The van der Waals surface area contributed by atoms with Crippen molar-refractivity contribution in [1.29, 1.82) is 0 Å². The molecule has 3 rings (SSSR count). The first kappa shape index (κ1) is 8.92. The molecule has 1 aromatic heterocycles. The van der Waals surface area contributed by atoms with Gasteiger partial charge in [-0.2, -0.15) is 0 Å². The van der Waals surface area contributed by atoms with Crippen LogP contribution in [0.5, 0.6) is 0 Å². The number of nitrogens with one attached hydrogen (secondary N) is 1. The molecule has 1 fully saturated rings. The van der Waals surface area contributed by atoms with Crippen molar-refractivity contribution < 1.29 is 0 Å². The van der Waals surface area contributed by atoms with E-state index >= 15 is 0 Å². The zero-order chi connectivity index (χ0) is 9.54. The number of rotatable bonds is 2. The second-order valence-electron chi connectivity index (χ2n) is 4.31. The van der Waals surface area contributed by atoms with Crippen LogP contribution < -0.4 is 5.32 Å². The van der Waals surface area contributed by atoms with Crippen LogP contribution in [-0.4, -0.2) is 21.6 Å². The summed E-state index contributed by atoms with van der Waals surface area (Å²) in [5, 5.41) is 3.69. The van der Waals surface area contributed by atoms with Crippen LogP contribution >= 0.6 is 15.9 Å². The average Bonchev–Trinajstić information content (AvgIpc) is 2.92. The number of aryl methyl sites for hydroxylation is 1. The van der Waals surface area contributed by atoms with Gasteiger partial charge in [0.2, 0.25) is 0 Å². The van der Waals surface area contributed by atoms with Crippen LogP contribution in [0.2, 0.25) is 0 Å². The van der Waals surface area contributed by atoms with Crippen molar-refractivity contribution >= 4 is 15.9 Å². The Labute approximate surface area is 92.0 Å². The van der Waals surface area contributed by atoms with Crippen molar-refractivity contribution in [2.45, 2.75) is 44.3 Å². The zero-order valence-electron chi connectivity index (χ0n) is 8.04. The van der Waals surface area contributed by atoms with Gasteiger partial charge in [-0.05, 0) is 35.2 Å². The number of nitrogens with zero attached hydrogens (tertiary/aromatic N) is 2. The Morgan fingerprint density at radius 1 is 1.36 bits per heavy atom. The van der Waals surface area contributed by atoms with E-state index in [1.165, 1.54) is 25.0 Å². The quantitative estimate of drug-likeness (QED) is 0.873. The number of imidazole rings is 1. The predicted molar refractivity (Wildman–Crippen MR) is 58.2 cm³/mol. The molecule has 14 heavy (non-hydrogen) atoms. The van der Waals surface area contributed by atoms with E-state index in [1.54, 1.807) is 0 Å². The maximum absolute atomic E-state index is 4.28. The molecular formula is C10H14BrN3. The second-order valence-corrected chi connectivity index (χ2v) is 5.06. The van der Waals surface area contributed by atoms with E-state index in [4.69, 9.17) is 0 Å². The molecule has 2 aliphatic rings. The van der Waals surface area contributed by atoms with Crippen LogP contribution in [0.25, 0.3) is 0 Å². The predicted octanol–water partition coefficient (Wildman–Crippen LogP) is 1.71. The van der Waals surface area contributed by atoms with E-state index in [2.05, 4.69) is 30.8 Å². The molecule has 0 spiro atoms. The number of halogens is 1. The smallest absolute Gasteiger partial charge is 0.127 e. The first-order valence-electron chi connectivity index (χ1n) is 5.28.